The summed E-state index contributed by atoms with van der Waals surface area (Å²) in [6, 6.07) is 10.5. The van der Waals surface area contributed by atoms with E-state index in [2.05, 4.69) is 33.0 Å². The lowest BCUT2D eigenvalue weighted by atomic mass is 9.97. The molecule has 1 aromatic heterocycles. The number of nitrogens with zero attached hydrogens (tertiary/aromatic N) is 5. The zero-order valence-corrected chi connectivity index (χ0v) is 17.9. The van der Waals surface area contributed by atoms with Crippen molar-refractivity contribution in [1.82, 2.24) is 14.8 Å². The van der Waals surface area contributed by atoms with Crippen molar-refractivity contribution in [2.45, 2.75) is 16.7 Å². The highest BCUT2D eigenvalue weighted by Gasteiger charge is 2.33. The van der Waals surface area contributed by atoms with Crippen LogP contribution in [0.3, 0.4) is 0 Å². The first-order valence-electron chi connectivity index (χ1n) is 9.07. The van der Waals surface area contributed by atoms with Gasteiger partial charge in [0.25, 0.3) is 0 Å². The second-order valence-corrected chi connectivity index (χ2v) is 8.87. The molecule has 1 fully saturated rings. The van der Waals surface area contributed by atoms with Crippen LogP contribution in [0.15, 0.2) is 46.4 Å². The Morgan fingerprint density at radius 3 is 2.89 bits per heavy atom. The molecule has 5 nitrogen and oxygen atoms in total. The molecule has 4 rings (SSSR count). The van der Waals surface area contributed by atoms with Crippen LogP contribution in [0.2, 0.25) is 5.02 Å². The van der Waals surface area contributed by atoms with Crippen molar-refractivity contribution in [3.63, 3.8) is 0 Å². The molecule has 0 amide bonds. The SMILES string of the molecule is CS/C(=N\C#N)N1CCN(C2c3ccc(Cl)cc3SCc3cccnc32)CC1. The summed E-state index contributed by atoms with van der Waals surface area (Å²) >= 11 is 9.64. The largest absolute Gasteiger partial charge is 0.348 e. The van der Waals surface area contributed by atoms with Gasteiger partial charge in [0.2, 0.25) is 6.19 Å². The number of nitriles is 1. The fraction of sp³-hybridized carbons (Fsp3) is 0.350. The molecule has 2 aliphatic heterocycles. The zero-order valence-electron chi connectivity index (χ0n) is 15.5. The minimum atomic E-state index is 0.117. The predicted molar refractivity (Wildman–Crippen MR) is 117 cm³/mol. The molecule has 144 valence electrons. The van der Waals surface area contributed by atoms with Crippen LogP contribution in [-0.4, -0.2) is 52.4 Å². The fourth-order valence-corrected chi connectivity index (χ4v) is 5.73. The number of pyridine rings is 1. The van der Waals surface area contributed by atoms with E-state index in [-0.39, 0.29) is 6.04 Å². The minimum Gasteiger partial charge on any atom is -0.348 e. The van der Waals surface area contributed by atoms with Crippen LogP contribution in [0, 0.1) is 11.5 Å². The van der Waals surface area contributed by atoms with Crippen molar-refractivity contribution < 1.29 is 0 Å². The van der Waals surface area contributed by atoms with Crippen LogP contribution >= 0.6 is 35.1 Å². The van der Waals surface area contributed by atoms with Crippen LogP contribution in [0.4, 0.5) is 0 Å². The van der Waals surface area contributed by atoms with Crippen molar-refractivity contribution in [2.75, 3.05) is 32.4 Å². The molecule has 2 aromatic rings. The lowest BCUT2D eigenvalue weighted by molar-refractivity contribution is 0.148. The van der Waals surface area contributed by atoms with Crippen molar-refractivity contribution >= 4 is 40.3 Å². The summed E-state index contributed by atoms with van der Waals surface area (Å²) in [5.41, 5.74) is 3.69. The van der Waals surface area contributed by atoms with Gasteiger partial charge in [-0.15, -0.1) is 16.8 Å². The van der Waals surface area contributed by atoms with E-state index in [0.717, 1.165) is 47.8 Å². The van der Waals surface area contributed by atoms with Gasteiger partial charge in [0.15, 0.2) is 5.17 Å². The van der Waals surface area contributed by atoms with E-state index in [9.17, 15) is 0 Å². The van der Waals surface area contributed by atoms with Gasteiger partial charge in [0.1, 0.15) is 0 Å². The Kier molecular flexibility index (Phi) is 6.12. The van der Waals surface area contributed by atoms with Crippen molar-refractivity contribution in [2.24, 2.45) is 4.99 Å². The van der Waals surface area contributed by atoms with Gasteiger partial charge in [0.05, 0.1) is 11.7 Å². The van der Waals surface area contributed by atoms with Crippen LogP contribution in [-0.2, 0) is 5.75 Å². The molecular formula is C20H20ClN5S2. The number of benzene rings is 1. The molecule has 0 saturated carbocycles. The molecule has 8 heteroatoms. The number of aromatic nitrogens is 1. The number of rotatable bonds is 1. The molecule has 0 radical (unpaired) electrons. The van der Waals surface area contributed by atoms with E-state index in [1.165, 1.54) is 27.8 Å². The molecule has 0 bridgehead atoms. The standard InChI is InChI=1S/C20H20ClN5S2/c1-27-20(24-13-22)26-9-7-25(8-10-26)19-16-5-4-15(21)11-17(16)28-12-14-3-2-6-23-18(14)19/h2-6,11,19H,7-10,12H2,1H3/b24-20-. The topological polar surface area (TPSA) is 55.5 Å². The Hall–Kier alpha value is -1.72. The van der Waals surface area contributed by atoms with Gasteiger partial charge in [-0.1, -0.05) is 35.5 Å². The maximum absolute atomic E-state index is 8.92. The molecule has 0 N–H and O–H groups in total. The first-order valence-corrected chi connectivity index (χ1v) is 11.7. The van der Waals surface area contributed by atoms with Gasteiger partial charge in [-0.25, -0.2) is 0 Å². The average Bonchev–Trinajstić information content (AvgIpc) is 2.89. The molecule has 0 spiro atoms. The fourth-order valence-electron chi connectivity index (χ4n) is 3.81. The first kappa shape index (κ1) is 19.6. The highest BCUT2D eigenvalue weighted by atomic mass is 35.5. The van der Waals surface area contributed by atoms with Crippen molar-refractivity contribution in [3.8, 4) is 6.19 Å². The average molecular weight is 430 g/mol. The van der Waals surface area contributed by atoms with Gasteiger partial charge >= 0.3 is 0 Å². The quantitative estimate of drug-likeness (QED) is 0.383. The number of hydrogen-bond acceptors (Lipinski definition) is 6. The summed E-state index contributed by atoms with van der Waals surface area (Å²) in [7, 11) is 0. The molecule has 3 heterocycles. The maximum Gasteiger partial charge on any atom is 0.208 e. The smallest absolute Gasteiger partial charge is 0.208 e. The van der Waals surface area contributed by atoms with E-state index in [1.807, 2.05) is 42.5 Å². The number of fused-ring (bicyclic) bond motifs is 2. The summed E-state index contributed by atoms with van der Waals surface area (Å²) in [5, 5.41) is 10.5. The van der Waals surface area contributed by atoms with Crippen LogP contribution in [0.1, 0.15) is 22.9 Å². The normalized spacial score (nSPS) is 20.1. The highest BCUT2D eigenvalue weighted by Crippen LogP contribution is 2.42. The molecule has 28 heavy (non-hydrogen) atoms. The molecule has 0 aliphatic carbocycles. The van der Waals surface area contributed by atoms with Gasteiger partial charge in [-0.05, 0) is 35.6 Å². The lowest BCUT2D eigenvalue weighted by Crippen LogP contribution is -2.49. The Bertz CT molecular complexity index is 934. The predicted octanol–water partition coefficient (Wildman–Crippen LogP) is 4.25. The van der Waals surface area contributed by atoms with Crippen molar-refractivity contribution in [3.05, 3.63) is 58.4 Å². The molecule has 1 unspecified atom stereocenters. The second-order valence-electron chi connectivity index (χ2n) is 6.64. The lowest BCUT2D eigenvalue weighted by Gasteiger charge is -2.40. The minimum absolute atomic E-state index is 0.117. The first-order chi connectivity index (χ1) is 13.7. The molecule has 1 atom stereocenters. The Morgan fingerprint density at radius 1 is 1.32 bits per heavy atom. The van der Waals surface area contributed by atoms with Gasteiger partial charge in [-0.2, -0.15) is 5.26 Å². The van der Waals surface area contributed by atoms with Gasteiger partial charge in [0, 0.05) is 48.0 Å². The highest BCUT2D eigenvalue weighted by molar-refractivity contribution is 8.13. The number of aliphatic imine (C=N–C) groups is 1. The summed E-state index contributed by atoms with van der Waals surface area (Å²) in [4.78, 5) is 14.7. The van der Waals surface area contributed by atoms with E-state index >= 15 is 0 Å². The third-order valence-electron chi connectivity index (χ3n) is 5.12. The Labute approximate surface area is 178 Å². The third-order valence-corrected chi connectivity index (χ3v) is 7.19. The second kappa shape index (κ2) is 8.75. The number of thioether (sulfide) groups is 2. The zero-order chi connectivity index (χ0) is 19.5. The Morgan fingerprint density at radius 2 is 2.14 bits per heavy atom. The van der Waals surface area contributed by atoms with E-state index in [4.69, 9.17) is 21.8 Å². The number of halogens is 1. The summed E-state index contributed by atoms with van der Waals surface area (Å²) in [6.07, 6.45) is 5.77. The number of amidine groups is 1. The summed E-state index contributed by atoms with van der Waals surface area (Å²) in [6.45, 7) is 3.46. The monoisotopic (exact) mass is 429 g/mol. The van der Waals surface area contributed by atoms with Crippen LogP contribution in [0.25, 0.3) is 0 Å². The number of piperazine rings is 1. The molecule has 1 saturated heterocycles. The van der Waals surface area contributed by atoms with Gasteiger partial charge < -0.3 is 4.90 Å². The van der Waals surface area contributed by atoms with Crippen LogP contribution in [0.5, 0.6) is 0 Å². The van der Waals surface area contributed by atoms with Crippen molar-refractivity contribution in [1.29, 1.82) is 5.26 Å². The van der Waals surface area contributed by atoms with E-state index in [0.29, 0.717) is 0 Å². The Balaban J connectivity index is 1.66. The van der Waals surface area contributed by atoms with Gasteiger partial charge in [-0.3, -0.25) is 9.88 Å². The van der Waals surface area contributed by atoms with Crippen LogP contribution < -0.4 is 0 Å². The molecule has 1 aromatic carbocycles. The summed E-state index contributed by atoms with van der Waals surface area (Å²) < 4.78 is 0. The summed E-state index contributed by atoms with van der Waals surface area (Å²) in [5.74, 6) is 0.901. The number of hydrogen-bond donors (Lipinski definition) is 0. The molecule has 2 aliphatic rings. The third kappa shape index (κ3) is 3.87. The maximum atomic E-state index is 8.92. The molecular weight excluding hydrogens is 410 g/mol. The van der Waals surface area contributed by atoms with E-state index in [1.54, 1.807) is 0 Å². The van der Waals surface area contributed by atoms with E-state index < -0.39 is 0 Å².